The number of aromatic nitrogens is 1. The molecule has 0 atom stereocenters. The van der Waals surface area contributed by atoms with E-state index in [0.717, 1.165) is 12.1 Å². The molecule has 122 valence electrons. The second-order valence-electron chi connectivity index (χ2n) is 4.90. The molecule has 1 amide bonds. The zero-order chi connectivity index (χ0) is 17.7. The minimum absolute atomic E-state index is 0.0256. The third-order valence-electron chi connectivity index (χ3n) is 3.13. The predicted octanol–water partition coefficient (Wildman–Crippen LogP) is 2.70. The summed E-state index contributed by atoms with van der Waals surface area (Å²) in [4.78, 5) is 11.9. The lowest BCUT2D eigenvalue weighted by molar-refractivity contribution is -0.137. The van der Waals surface area contributed by atoms with Crippen LogP contribution in [0.1, 0.15) is 27.2 Å². The van der Waals surface area contributed by atoms with E-state index in [-0.39, 0.29) is 12.1 Å². The first kappa shape index (κ1) is 17.2. The highest BCUT2D eigenvalue weighted by Gasteiger charge is 2.30. The second-order valence-corrected chi connectivity index (χ2v) is 4.90. The van der Waals surface area contributed by atoms with Crippen molar-refractivity contribution < 1.29 is 18.0 Å². The topological polar surface area (TPSA) is 57.8 Å². The van der Waals surface area contributed by atoms with Gasteiger partial charge in [-0.3, -0.25) is 4.79 Å². The van der Waals surface area contributed by atoms with E-state index in [9.17, 15) is 18.0 Å². The number of hydrogen-bond donors (Lipinski definition) is 1. The number of rotatable bonds is 2. The lowest BCUT2D eigenvalue weighted by Gasteiger charge is -2.05. The normalized spacial score (nSPS) is 10.5. The molecule has 1 aromatic heterocycles. The lowest BCUT2D eigenvalue weighted by Crippen LogP contribution is -2.25. The molecule has 2 aromatic rings. The fourth-order valence-electron chi connectivity index (χ4n) is 1.99. The zero-order valence-electron chi connectivity index (χ0n) is 12.6. The van der Waals surface area contributed by atoms with Gasteiger partial charge in [0.2, 0.25) is 0 Å². The first-order valence-corrected chi connectivity index (χ1v) is 6.82. The van der Waals surface area contributed by atoms with E-state index in [4.69, 9.17) is 5.26 Å². The Bertz CT molecular complexity index is 864. The molecule has 0 saturated heterocycles. The number of carbonyl (C=O) groups is 1. The Hall–Kier alpha value is -3.19. The summed E-state index contributed by atoms with van der Waals surface area (Å²) in [5.74, 6) is 4.75. The van der Waals surface area contributed by atoms with Crippen LogP contribution in [-0.2, 0) is 13.2 Å². The van der Waals surface area contributed by atoms with Crippen LogP contribution in [0.2, 0.25) is 0 Å². The molecular formula is C17H12F3N3O. The maximum Gasteiger partial charge on any atom is 0.416 e. The van der Waals surface area contributed by atoms with Crippen molar-refractivity contribution in [3.63, 3.8) is 0 Å². The molecule has 0 aliphatic heterocycles. The quantitative estimate of drug-likeness (QED) is 0.860. The van der Waals surface area contributed by atoms with E-state index >= 15 is 0 Å². The minimum Gasteiger partial charge on any atom is -0.345 e. The number of hydrogen-bond acceptors (Lipinski definition) is 2. The van der Waals surface area contributed by atoms with Crippen LogP contribution in [0.25, 0.3) is 0 Å². The van der Waals surface area contributed by atoms with Crippen LogP contribution in [0.15, 0.2) is 36.5 Å². The summed E-state index contributed by atoms with van der Waals surface area (Å²) < 4.78 is 39.3. The van der Waals surface area contributed by atoms with Crippen LogP contribution in [0, 0.1) is 23.2 Å². The molecule has 1 heterocycles. The summed E-state index contributed by atoms with van der Waals surface area (Å²) in [6, 6.07) is 8.02. The number of nitrogens with zero attached hydrogens (tertiary/aromatic N) is 2. The van der Waals surface area contributed by atoms with Crippen molar-refractivity contribution in [1.29, 1.82) is 5.26 Å². The molecule has 0 saturated carbocycles. The molecule has 1 N–H and O–H groups in total. The molecule has 2 rings (SSSR count). The van der Waals surface area contributed by atoms with Gasteiger partial charge in [-0.1, -0.05) is 17.9 Å². The molecule has 1 aromatic carbocycles. The van der Waals surface area contributed by atoms with E-state index in [1.807, 2.05) is 6.07 Å². The van der Waals surface area contributed by atoms with Gasteiger partial charge in [-0.25, -0.2) is 0 Å². The molecule has 0 unspecified atom stereocenters. The van der Waals surface area contributed by atoms with Crippen LogP contribution in [-0.4, -0.2) is 17.0 Å². The van der Waals surface area contributed by atoms with Gasteiger partial charge >= 0.3 is 6.18 Å². The van der Waals surface area contributed by atoms with Crippen molar-refractivity contribution in [3.8, 4) is 17.9 Å². The number of halogens is 3. The summed E-state index contributed by atoms with van der Waals surface area (Å²) >= 11 is 0. The van der Waals surface area contributed by atoms with Crippen LogP contribution < -0.4 is 5.32 Å². The summed E-state index contributed by atoms with van der Waals surface area (Å²) in [6.07, 6.45) is -2.90. The van der Waals surface area contributed by atoms with Gasteiger partial charge in [-0.05, 0) is 24.3 Å². The lowest BCUT2D eigenvalue weighted by atomic mass is 10.1. The van der Waals surface area contributed by atoms with E-state index in [1.165, 1.54) is 29.0 Å². The first-order chi connectivity index (χ1) is 11.3. The molecular weight excluding hydrogens is 319 g/mol. The van der Waals surface area contributed by atoms with Gasteiger partial charge in [0.15, 0.2) is 0 Å². The average molecular weight is 331 g/mol. The molecule has 24 heavy (non-hydrogen) atoms. The minimum atomic E-state index is -4.42. The van der Waals surface area contributed by atoms with E-state index in [1.54, 1.807) is 7.05 Å². The van der Waals surface area contributed by atoms with Crippen molar-refractivity contribution in [2.45, 2.75) is 6.18 Å². The van der Waals surface area contributed by atoms with Gasteiger partial charge < -0.3 is 9.88 Å². The number of aryl methyl sites for hydroxylation is 1. The first-order valence-electron chi connectivity index (χ1n) is 6.82. The molecule has 0 bridgehead atoms. The van der Waals surface area contributed by atoms with Gasteiger partial charge in [0.05, 0.1) is 17.7 Å². The number of carbonyl (C=O) groups excluding carboxylic acids is 1. The smallest absolute Gasteiger partial charge is 0.345 e. The monoisotopic (exact) mass is 331 g/mol. The average Bonchev–Trinajstić information content (AvgIpc) is 2.92. The van der Waals surface area contributed by atoms with Gasteiger partial charge in [0.1, 0.15) is 11.8 Å². The molecule has 0 aliphatic rings. The number of nitriles is 1. The number of nitrogens with one attached hydrogen (secondary N) is 1. The fraction of sp³-hybridized carbons (Fsp3) is 0.176. The number of benzene rings is 1. The molecule has 0 spiro atoms. The summed E-state index contributed by atoms with van der Waals surface area (Å²) in [5, 5.41) is 11.3. The van der Waals surface area contributed by atoms with Crippen molar-refractivity contribution in [2.24, 2.45) is 7.05 Å². The van der Waals surface area contributed by atoms with Crippen LogP contribution >= 0.6 is 0 Å². The largest absolute Gasteiger partial charge is 0.416 e. The molecule has 0 fully saturated rings. The third-order valence-corrected chi connectivity index (χ3v) is 3.13. The SMILES string of the molecule is Cn1cc(C#N)cc1C(=O)NCC#Cc1cccc(C(F)(F)F)c1. The van der Waals surface area contributed by atoms with Crippen LogP contribution in [0.4, 0.5) is 13.2 Å². The maximum atomic E-state index is 12.6. The summed E-state index contributed by atoms with van der Waals surface area (Å²) in [6.45, 7) is -0.0256. The second kappa shape index (κ2) is 6.93. The highest BCUT2D eigenvalue weighted by atomic mass is 19.4. The fourth-order valence-corrected chi connectivity index (χ4v) is 1.99. The van der Waals surface area contributed by atoms with Crippen molar-refractivity contribution in [1.82, 2.24) is 9.88 Å². The molecule has 0 radical (unpaired) electrons. The zero-order valence-corrected chi connectivity index (χ0v) is 12.6. The van der Waals surface area contributed by atoms with Crippen molar-refractivity contribution in [3.05, 3.63) is 58.9 Å². The Balaban J connectivity index is 2.00. The number of alkyl halides is 3. The predicted molar refractivity (Wildman–Crippen MR) is 80.8 cm³/mol. The van der Waals surface area contributed by atoms with E-state index in [2.05, 4.69) is 17.2 Å². The Labute approximate surface area is 136 Å². The molecule has 7 heteroatoms. The van der Waals surface area contributed by atoms with Gasteiger partial charge in [-0.2, -0.15) is 18.4 Å². The Kier molecular flexibility index (Phi) is 4.96. The Morgan fingerprint density at radius 1 is 1.29 bits per heavy atom. The Morgan fingerprint density at radius 3 is 2.67 bits per heavy atom. The van der Waals surface area contributed by atoms with E-state index in [0.29, 0.717) is 11.3 Å². The highest BCUT2D eigenvalue weighted by molar-refractivity contribution is 5.93. The summed E-state index contributed by atoms with van der Waals surface area (Å²) in [7, 11) is 1.63. The molecule has 0 aliphatic carbocycles. The van der Waals surface area contributed by atoms with Gasteiger partial charge in [0.25, 0.3) is 5.91 Å². The summed E-state index contributed by atoms with van der Waals surface area (Å²) in [5.41, 5.74) is 0.0982. The third kappa shape index (κ3) is 4.17. The van der Waals surface area contributed by atoms with Crippen LogP contribution in [0.5, 0.6) is 0 Å². The molecule has 4 nitrogen and oxygen atoms in total. The standard InChI is InChI=1S/C17H12F3N3O/c1-23-11-13(10-21)9-15(23)16(24)22-7-3-5-12-4-2-6-14(8-12)17(18,19)20/h2,4,6,8-9,11H,7H2,1H3,(H,22,24). The van der Waals surface area contributed by atoms with Gasteiger partial charge in [0, 0.05) is 18.8 Å². The van der Waals surface area contributed by atoms with Gasteiger partial charge in [-0.15, -0.1) is 0 Å². The number of amides is 1. The van der Waals surface area contributed by atoms with E-state index < -0.39 is 17.6 Å². The Morgan fingerprint density at radius 2 is 2.04 bits per heavy atom. The highest BCUT2D eigenvalue weighted by Crippen LogP contribution is 2.29. The van der Waals surface area contributed by atoms with Crippen molar-refractivity contribution >= 4 is 5.91 Å². The van der Waals surface area contributed by atoms with Crippen molar-refractivity contribution in [2.75, 3.05) is 6.54 Å². The van der Waals surface area contributed by atoms with Crippen LogP contribution in [0.3, 0.4) is 0 Å². The maximum absolute atomic E-state index is 12.6.